The van der Waals surface area contributed by atoms with E-state index in [0.717, 1.165) is 18.5 Å². The maximum Gasteiger partial charge on any atom is 0.0500 e. The zero-order valence-electron chi connectivity index (χ0n) is 15.0. The summed E-state index contributed by atoms with van der Waals surface area (Å²) in [7, 11) is 0. The summed E-state index contributed by atoms with van der Waals surface area (Å²) in [4.78, 5) is 2.53. The number of allylic oxidation sites excluding steroid dienone is 4. The molecule has 2 nitrogen and oxygen atoms in total. The van der Waals surface area contributed by atoms with Crippen LogP contribution in [0.15, 0.2) is 60.7 Å². The summed E-state index contributed by atoms with van der Waals surface area (Å²) < 4.78 is 0. The molecule has 1 fully saturated rings. The fraction of sp³-hybridized carbons (Fsp3) is 0.455. The first kappa shape index (κ1) is 18.7. The van der Waals surface area contributed by atoms with Crippen molar-refractivity contribution in [2.45, 2.75) is 32.6 Å². The maximum atomic E-state index is 9.81. The Bertz CT molecular complexity index is 553. The number of likely N-dealkylation sites (tertiary alicyclic amines) is 1. The third-order valence-corrected chi connectivity index (χ3v) is 4.92. The average Bonchev–Trinajstić information content (AvgIpc) is 2.65. The number of nitrogens with zero attached hydrogens (tertiary/aromatic N) is 1. The fourth-order valence-corrected chi connectivity index (χ4v) is 3.27. The largest absolute Gasteiger partial charge is 0.396 e. The van der Waals surface area contributed by atoms with E-state index in [9.17, 15) is 5.11 Å². The first-order valence-electron chi connectivity index (χ1n) is 9.14. The SMILES string of the molecule is C=C/C(=C\C=C(/C)c1ccccc1)C(CO)CCN1CCCCC1. The van der Waals surface area contributed by atoms with Crippen LogP contribution in [0.4, 0.5) is 0 Å². The third-order valence-electron chi connectivity index (χ3n) is 4.92. The van der Waals surface area contributed by atoms with Crippen molar-refractivity contribution in [1.82, 2.24) is 4.90 Å². The molecule has 1 unspecified atom stereocenters. The summed E-state index contributed by atoms with van der Waals surface area (Å²) in [6.45, 7) is 9.74. The summed E-state index contributed by atoms with van der Waals surface area (Å²) in [5.74, 6) is 0.171. The highest BCUT2D eigenvalue weighted by Crippen LogP contribution is 2.20. The molecule has 1 saturated heterocycles. The maximum absolute atomic E-state index is 9.81. The molecule has 2 rings (SSSR count). The molecule has 0 bridgehead atoms. The second kappa shape index (κ2) is 10.3. The Kier molecular flexibility index (Phi) is 8.00. The normalized spacial score (nSPS) is 18.4. The van der Waals surface area contributed by atoms with Gasteiger partial charge in [-0.05, 0) is 62.5 Å². The van der Waals surface area contributed by atoms with Crippen molar-refractivity contribution in [2.24, 2.45) is 5.92 Å². The van der Waals surface area contributed by atoms with Gasteiger partial charge < -0.3 is 10.0 Å². The van der Waals surface area contributed by atoms with E-state index in [0.29, 0.717) is 0 Å². The minimum absolute atomic E-state index is 0.171. The molecular weight excluding hydrogens is 294 g/mol. The van der Waals surface area contributed by atoms with Gasteiger partial charge in [-0.3, -0.25) is 0 Å². The molecular formula is C22H31NO. The average molecular weight is 325 g/mol. The van der Waals surface area contributed by atoms with Gasteiger partial charge in [0.1, 0.15) is 0 Å². The molecule has 1 atom stereocenters. The number of rotatable bonds is 8. The molecule has 1 N–H and O–H groups in total. The van der Waals surface area contributed by atoms with Crippen molar-refractivity contribution in [3.8, 4) is 0 Å². The van der Waals surface area contributed by atoms with Crippen LogP contribution in [-0.4, -0.2) is 36.2 Å². The second-order valence-electron chi connectivity index (χ2n) is 6.66. The van der Waals surface area contributed by atoms with Crippen LogP contribution < -0.4 is 0 Å². The molecule has 0 saturated carbocycles. The number of hydrogen-bond acceptors (Lipinski definition) is 2. The van der Waals surface area contributed by atoms with E-state index in [-0.39, 0.29) is 12.5 Å². The van der Waals surface area contributed by atoms with Gasteiger partial charge in [-0.2, -0.15) is 0 Å². The third kappa shape index (κ3) is 5.77. The van der Waals surface area contributed by atoms with E-state index in [4.69, 9.17) is 0 Å². The molecule has 24 heavy (non-hydrogen) atoms. The first-order chi connectivity index (χ1) is 11.7. The minimum atomic E-state index is 0.171. The van der Waals surface area contributed by atoms with E-state index in [2.05, 4.69) is 54.8 Å². The van der Waals surface area contributed by atoms with Gasteiger partial charge >= 0.3 is 0 Å². The van der Waals surface area contributed by atoms with Gasteiger partial charge in [0.25, 0.3) is 0 Å². The van der Waals surface area contributed by atoms with Gasteiger partial charge in [0.2, 0.25) is 0 Å². The monoisotopic (exact) mass is 325 g/mol. The van der Waals surface area contributed by atoms with Gasteiger partial charge in [-0.1, -0.05) is 61.6 Å². The quantitative estimate of drug-likeness (QED) is 0.701. The summed E-state index contributed by atoms with van der Waals surface area (Å²) in [6.07, 6.45) is 11.1. The Balaban J connectivity index is 1.99. The van der Waals surface area contributed by atoms with Crippen LogP contribution in [0, 0.1) is 5.92 Å². The molecule has 130 valence electrons. The van der Waals surface area contributed by atoms with Gasteiger partial charge in [0, 0.05) is 12.5 Å². The Morgan fingerprint density at radius 2 is 1.88 bits per heavy atom. The van der Waals surface area contributed by atoms with Crippen molar-refractivity contribution in [2.75, 3.05) is 26.2 Å². The molecule has 1 aromatic rings. The zero-order valence-corrected chi connectivity index (χ0v) is 15.0. The van der Waals surface area contributed by atoms with Gasteiger partial charge in [-0.25, -0.2) is 0 Å². The molecule has 0 radical (unpaired) electrons. The predicted molar refractivity (Wildman–Crippen MR) is 104 cm³/mol. The highest BCUT2D eigenvalue weighted by Gasteiger charge is 2.15. The van der Waals surface area contributed by atoms with Gasteiger partial charge in [0.05, 0.1) is 0 Å². The number of hydrogen-bond donors (Lipinski definition) is 1. The molecule has 1 aliphatic heterocycles. The molecule has 1 aliphatic rings. The van der Waals surface area contributed by atoms with E-state index in [1.54, 1.807) is 0 Å². The van der Waals surface area contributed by atoms with Gasteiger partial charge in [-0.15, -0.1) is 0 Å². The molecule has 0 aliphatic carbocycles. The van der Waals surface area contributed by atoms with Gasteiger partial charge in [0.15, 0.2) is 0 Å². The topological polar surface area (TPSA) is 23.5 Å². The van der Waals surface area contributed by atoms with Crippen LogP contribution in [-0.2, 0) is 0 Å². The summed E-state index contributed by atoms with van der Waals surface area (Å²) in [5, 5.41) is 9.81. The molecule has 0 aromatic heterocycles. The molecule has 0 spiro atoms. The smallest absolute Gasteiger partial charge is 0.0500 e. The number of piperidine rings is 1. The van der Waals surface area contributed by atoms with E-state index < -0.39 is 0 Å². The summed E-state index contributed by atoms with van der Waals surface area (Å²) in [5.41, 5.74) is 3.58. The standard InChI is InChI=1S/C22H31NO/c1-3-20(13-12-19(2)21-10-6-4-7-11-21)22(18-24)14-17-23-15-8-5-9-16-23/h3-4,6-7,10-13,22,24H,1,5,8-9,14-18H2,2H3/b19-12+,20-13+. The Morgan fingerprint density at radius 1 is 1.17 bits per heavy atom. The lowest BCUT2D eigenvalue weighted by Gasteiger charge is -2.28. The second-order valence-corrected chi connectivity index (χ2v) is 6.66. The van der Waals surface area contributed by atoms with E-state index in [1.807, 2.05) is 12.1 Å². The van der Waals surface area contributed by atoms with Crippen LogP contribution in [0.1, 0.15) is 38.2 Å². The molecule has 0 amide bonds. The van der Waals surface area contributed by atoms with Crippen LogP contribution in [0.25, 0.3) is 5.57 Å². The lowest BCUT2D eigenvalue weighted by Crippen LogP contribution is -2.32. The van der Waals surface area contributed by atoms with Crippen molar-refractivity contribution in [3.63, 3.8) is 0 Å². The van der Waals surface area contributed by atoms with Crippen molar-refractivity contribution >= 4 is 5.57 Å². The van der Waals surface area contributed by atoms with Crippen molar-refractivity contribution < 1.29 is 5.11 Å². The number of benzene rings is 1. The van der Waals surface area contributed by atoms with Crippen molar-refractivity contribution in [3.05, 3.63) is 66.3 Å². The van der Waals surface area contributed by atoms with Crippen LogP contribution in [0.2, 0.25) is 0 Å². The lowest BCUT2D eigenvalue weighted by molar-refractivity contribution is 0.190. The van der Waals surface area contributed by atoms with Crippen molar-refractivity contribution in [1.29, 1.82) is 0 Å². The summed E-state index contributed by atoms with van der Waals surface area (Å²) in [6, 6.07) is 10.4. The highest BCUT2D eigenvalue weighted by atomic mass is 16.3. The fourth-order valence-electron chi connectivity index (χ4n) is 3.27. The lowest BCUT2D eigenvalue weighted by atomic mass is 9.94. The molecule has 2 heteroatoms. The number of aliphatic hydroxyl groups excluding tert-OH is 1. The van der Waals surface area contributed by atoms with Crippen LogP contribution in [0.5, 0.6) is 0 Å². The van der Waals surface area contributed by atoms with Crippen LogP contribution in [0.3, 0.4) is 0 Å². The Morgan fingerprint density at radius 3 is 2.50 bits per heavy atom. The van der Waals surface area contributed by atoms with E-state index >= 15 is 0 Å². The Labute approximate surface area is 147 Å². The summed E-state index contributed by atoms with van der Waals surface area (Å²) >= 11 is 0. The number of aliphatic hydroxyl groups is 1. The predicted octanol–water partition coefficient (Wildman–Crippen LogP) is 4.69. The molecule has 1 heterocycles. The molecule has 1 aromatic carbocycles. The first-order valence-corrected chi connectivity index (χ1v) is 9.14. The minimum Gasteiger partial charge on any atom is -0.396 e. The van der Waals surface area contributed by atoms with E-state index in [1.165, 1.54) is 43.5 Å². The zero-order chi connectivity index (χ0) is 17.2. The van der Waals surface area contributed by atoms with Crippen LogP contribution >= 0.6 is 0 Å². The highest BCUT2D eigenvalue weighted by molar-refractivity contribution is 5.65. The Hall–Kier alpha value is -1.64.